The summed E-state index contributed by atoms with van der Waals surface area (Å²) >= 11 is 0. The number of aromatic nitrogens is 1. The first-order valence-corrected chi connectivity index (χ1v) is 12.9. The number of hydrogen-bond acceptors (Lipinski definition) is 5. The SMILES string of the molecule is O=C(CN1CCN(C(=O)c2cc3ccccc3[nH]2)CC1)NC1(c2ccc3c(c2)OCCO3)CCCC1. The topological polar surface area (TPSA) is 86.9 Å². The predicted molar refractivity (Wildman–Crippen MR) is 136 cm³/mol. The third-order valence-electron chi connectivity index (χ3n) is 7.72. The normalized spacial score (nSPS) is 19.4. The molecule has 0 bridgehead atoms. The molecule has 0 atom stereocenters. The number of hydrogen-bond donors (Lipinski definition) is 2. The van der Waals surface area contributed by atoms with Gasteiger partial charge >= 0.3 is 0 Å². The van der Waals surface area contributed by atoms with E-state index in [1.807, 2.05) is 47.4 Å². The third-order valence-corrected chi connectivity index (χ3v) is 7.72. The first kappa shape index (κ1) is 22.9. The van der Waals surface area contributed by atoms with Gasteiger partial charge in [-0.3, -0.25) is 14.5 Å². The summed E-state index contributed by atoms with van der Waals surface area (Å²) in [7, 11) is 0. The van der Waals surface area contributed by atoms with Crippen LogP contribution in [0.5, 0.6) is 11.5 Å². The van der Waals surface area contributed by atoms with Crippen LogP contribution in [0.25, 0.3) is 10.9 Å². The van der Waals surface area contributed by atoms with Gasteiger partial charge in [-0.2, -0.15) is 0 Å². The van der Waals surface area contributed by atoms with Crippen molar-refractivity contribution in [2.24, 2.45) is 0 Å². The Hall–Kier alpha value is -3.52. The molecule has 0 spiro atoms. The number of H-pyrrole nitrogens is 1. The zero-order valence-corrected chi connectivity index (χ0v) is 20.4. The molecule has 3 aliphatic rings. The van der Waals surface area contributed by atoms with Crippen molar-refractivity contribution in [3.63, 3.8) is 0 Å². The number of nitrogens with zero attached hydrogens (tertiary/aromatic N) is 2. The van der Waals surface area contributed by atoms with Crippen molar-refractivity contribution < 1.29 is 19.1 Å². The number of ether oxygens (including phenoxy) is 2. The second-order valence-electron chi connectivity index (χ2n) is 10.0. The van der Waals surface area contributed by atoms with Crippen LogP contribution >= 0.6 is 0 Å². The highest BCUT2D eigenvalue weighted by Gasteiger charge is 2.38. The highest BCUT2D eigenvalue weighted by Crippen LogP contribution is 2.42. The van der Waals surface area contributed by atoms with Crippen LogP contribution in [-0.2, 0) is 10.3 Å². The van der Waals surface area contributed by atoms with E-state index in [-0.39, 0.29) is 17.4 Å². The number of fused-ring (bicyclic) bond motifs is 2. The van der Waals surface area contributed by atoms with E-state index in [2.05, 4.69) is 21.3 Å². The van der Waals surface area contributed by atoms with Gasteiger partial charge in [0, 0.05) is 37.1 Å². The van der Waals surface area contributed by atoms with Crippen LogP contribution in [0.2, 0.25) is 0 Å². The molecular formula is C28H32N4O4. The molecule has 6 rings (SSSR count). The average molecular weight is 489 g/mol. The van der Waals surface area contributed by atoms with Gasteiger partial charge in [0.05, 0.1) is 12.1 Å². The predicted octanol–water partition coefficient (Wildman–Crippen LogP) is 3.28. The Bertz CT molecular complexity index is 1240. The highest BCUT2D eigenvalue weighted by atomic mass is 16.6. The molecule has 1 saturated heterocycles. The van der Waals surface area contributed by atoms with Crippen LogP contribution in [-0.4, -0.2) is 72.5 Å². The van der Waals surface area contributed by atoms with E-state index in [4.69, 9.17) is 9.47 Å². The number of carbonyl (C=O) groups excluding carboxylic acids is 2. The van der Waals surface area contributed by atoms with Gasteiger partial charge in [0.25, 0.3) is 5.91 Å². The summed E-state index contributed by atoms with van der Waals surface area (Å²) in [5.41, 5.74) is 2.31. The molecule has 8 nitrogen and oxygen atoms in total. The fourth-order valence-electron chi connectivity index (χ4n) is 5.78. The summed E-state index contributed by atoms with van der Waals surface area (Å²) in [5.74, 6) is 1.57. The molecule has 36 heavy (non-hydrogen) atoms. The fourth-order valence-corrected chi connectivity index (χ4v) is 5.78. The minimum absolute atomic E-state index is 0.0128. The molecule has 3 heterocycles. The van der Waals surface area contributed by atoms with E-state index >= 15 is 0 Å². The Morgan fingerprint density at radius 1 is 0.917 bits per heavy atom. The number of para-hydroxylation sites is 1. The number of nitrogens with one attached hydrogen (secondary N) is 2. The van der Waals surface area contributed by atoms with Crippen molar-refractivity contribution in [1.29, 1.82) is 0 Å². The second kappa shape index (κ2) is 9.50. The van der Waals surface area contributed by atoms with Gasteiger partial charge in [0.2, 0.25) is 5.91 Å². The van der Waals surface area contributed by atoms with Crippen molar-refractivity contribution in [3.8, 4) is 11.5 Å². The maximum absolute atomic E-state index is 13.2. The van der Waals surface area contributed by atoms with Crippen LogP contribution in [0.3, 0.4) is 0 Å². The van der Waals surface area contributed by atoms with Gasteiger partial charge in [-0.1, -0.05) is 37.1 Å². The van der Waals surface area contributed by atoms with E-state index in [0.29, 0.717) is 51.6 Å². The maximum Gasteiger partial charge on any atom is 0.270 e. The number of piperazine rings is 1. The molecule has 0 unspecified atom stereocenters. The van der Waals surface area contributed by atoms with Gasteiger partial charge < -0.3 is 24.7 Å². The van der Waals surface area contributed by atoms with E-state index in [1.165, 1.54) is 0 Å². The number of aromatic amines is 1. The van der Waals surface area contributed by atoms with E-state index in [1.54, 1.807) is 0 Å². The lowest BCUT2D eigenvalue weighted by atomic mass is 9.87. The molecule has 8 heteroatoms. The lowest BCUT2D eigenvalue weighted by Gasteiger charge is -2.36. The Morgan fingerprint density at radius 2 is 1.67 bits per heavy atom. The molecule has 1 saturated carbocycles. The lowest BCUT2D eigenvalue weighted by Crippen LogP contribution is -2.53. The Kier molecular flexibility index (Phi) is 6.05. The average Bonchev–Trinajstić information content (AvgIpc) is 3.56. The molecule has 2 aromatic carbocycles. The highest BCUT2D eigenvalue weighted by molar-refractivity contribution is 5.98. The molecule has 1 aliphatic carbocycles. The van der Waals surface area contributed by atoms with Crippen molar-refractivity contribution in [3.05, 3.63) is 59.8 Å². The number of carbonyl (C=O) groups is 2. The molecular weight excluding hydrogens is 456 g/mol. The van der Waals surface area contributed by atoms with Crippen LogP contribution < -0.4 is 14.8 Å². The number of rotatable bonds is 5. The van der Waals surface area contributed by atoms with Crippen molar-refractivity contribution in [2.45, 2.75) is 31.2 Å². The largest absolute Gasteiger partial charge is 0.486 e. The zero-order valence-electron chi connectivity index (χ0n) is 20.4. The Balaban J connectivity index is 1.07. The fraction of sp³-hybridized carbons (Fsp3) is 0.429. The molecule has 3 aromatic rings. The summed E-state index contributed by atoms with van der Waals surface area (Å²) in [4.78, 5) is 33.4. The minimum Gasteiger partial charge on any atom is -0.486 e. The van der Waals surface area contributed by atoms with Gasteiger partial charge in [-0.05, 0) is 42.7 Å². The molecule has 188 valence electrons. The summed E-state index contributed by atoms with van der Waals surface area (Å²) in [5, 5.41) is 4.41. The quantitative estimate of drug-likeness (QED) is 0.576. The monoisotopic (exact) mass is 488 g/mol. The first-order chi connectivity index (χ1) is 17.6. The standard InChI is InChI=1S/C28H32N4O4/c33-26(30-28(9-3-4-10-28)21-7-8-24-25(18-21)36-16-15-35-24)19-31-11-13-32(14-12-31)27(34)23-17-20-5-1-2-6-22(20)29-23/h1-2,5-8,17-18,29H,3-4,9-16,19H2,(H,30,33). The molecule has 2 aliphatic heterocycles. The van der Waals surface area contributed by atoms with Crippen molar-refractivity contribution in [2.75, 3.05) is 45.9 Å². The van der Waals surface area contributed by atoms with E-state index in [0.717, 1.165) is 53.6 Å². The zero-order chi connectivity index (χ0) is 24.5. The summed E-state index contributed by atoms with van der Waals surface area (Å²) in [6.45, 7) is 4.01. The Morgan fingerprint density at radius 3 is 2.44 bits per heavy atom. The van der Waals surface area contributed by atoms with Crippen LogP contribution in [0.15, 0.2) is 48.5 Å². The molecule has 2 fully saturated rings. The Labute approximate surface area is 210 Å². The van der Waals surface area contributed by atoms with Gasteiger partial charge in [0.15, 0.2) is 11.5 Å². The third kappa shape index (κ3) is 4.41. The van der Waals surface area contributed by atoms with Gasteiger partial charge in [-0.25, -0.2) is 0 Å². The summed E-state index contributed by atoms with van der Waals surface area (Å²) in [6, 6.07) is 15.9. The summed E-state index contributed by atoms with van der Waals surface area (Å²) in [6.07, 6.45) is 4.02. The lowest BCUT2D eigenvalue weighted by molar-refractivity contribution is -0.124. The molecule has 2 N–H and O–H groups in total. The first-order valence-electron chi connectivity index (χ1n) is 12.9. The number of amides is 2. The van der Waals surface area contributed by atoms with Gasteiger partial charge in [0.1, 0.15) is 18.9 Å². The smallest absolute Gasteiger partial charge is 0.270 e. The van der Waals surface area contributed by atoms with Crippen LogP contribution in [0.1, 0.15) is 41.7 Å². The molecule has 2 amide bonds. The molecule has 1 aromatic heterocycles. The second-order valence-corrected chi connectivity index (χ2v) is 10.0. The minimum atomic E-state index is -0.361. The van der Waals surface area contributed by atoms with E-state index in [9.17, 15) is 9.59 Å². The summed E-state index contributed by atoms with van der Waals surface area (Å²) < 4.78 is 11.5. The van der Waals surface area contributed by atoms with Gasteiger partial charge in [-0.15, -0.1) is 0 Å². The van der Waals surface area contributed by atoms with E-state index < -0.39 is 0 Å². The van der Waals surface area contributed by atoms with Crippen molar-refractivity contribution >= 4 is 22.7 Å². The number of benzene rings is 2. The maximum atomic E-state index is 13.2. The van der Waals surface area contributed by atoms with Crippen molar-refractivity contribution in [1.82, 2.24) is 20.1 Å². The molecule has 0 radical (unpaired) electrons. The van der Waals surface area contributed by atoms with Crippen LogP contribution in [0, 0.1) is 0 Å². The van der Waals surface area contributed by atoms with Crippen LogP contribution in [0.4, 0.5) is 0 Å².